The van der Waals surface area contributed by atoms with Gasteiger partial charge in [-0.15, -0.1) is 0 Å². The number of amides is 1. The number of aliphatic hydroxyl groups is 1. The van der Waals surface area contributed by atoms with E-state index in [2.05, 4.69) is 6.92 Å². The van der Waals surface area contributed by atoms with Crippen LogP contribution in [0.15, 0.2) is 72.8 Å². The Balaban J connectivity index is 1.57. The molecule has 4 rings (SSSR count). The van der Waals surface area contributed by atoms with Crippen LogP contribution in [0.2, 0.25) is 0 Å². The number of unbranched alkanes of at least 4 members (excludes halogenated alkanes) is 8. The standard InChI is InChI=1S/C46H66FNO7S/c1-7-8-9-13-22-29-44(52-33-34-53-44)30-23-14-11-10-12-21-28-38(45(51,31-32-47)41(50)54-43(4,5)6)40(49)48-39(35(2)3)46(55-42(48)56,36-24-17-15-18-25-36)37-26-19-16-20-27-37/h15-21,24-28,35,38-39,51H,7-14,22-23,29-34H2,1-6H3/b28-21+/t38-,39+,45+/m1/s1. The van der Waals surface area contributed by atoms with E-state index >= 15 is 4.79 Å². The number of alkyl halides is 1. The molecule has 0 spiro atoms. The van der Waals surface area contributed by atoms with Crippen LogP contribution in [0.5, 0.6) is 0 Å². The molecule has 1 N–H and O–H groups in total. The number of benzene rings is 2. The molecule has 2 saturated heterocycles. The second-order valence-electron chi connectivity index (χ2n) is 16.7. The van der Waals surface area contributed by atoms with Gasteiger partial charge in [-0.3, -0.25) is 14.1 Å². The highest BCUT2D eigenvalue weighted by molar-refractivity contribution is 7.80. The first-order valence-electron chi connectivity index (χ1n) is 20.9. The van der Waals surface area contributed by atoms with Crippen LogP contribution >= 0.6 is 12.2 Å². The summed E-state index contributed by atoms with van der Waals surface area (Å²) < 4.78 is 38.9. The van der Waals surface area contributed by atoms with Crippen LogP contribution in [0.4, 0.5) is 4.39 Å². The van der Waals surface area contributed by atoms with Gasteiger partial charge in [0.25, 0.3) is 5.17 Å². The average Bonchev–Trinajstić information content (AvgIpc) is 3.77. The zero-order chi connectivity index (χ0) is 40.8. The lowest BCUT2D eigenvalue weighted by Gasteiger charge is -2.40. The topological polar surface area (TPSA) is 94.5 Å². The molecule has 0 bridgehead atoms. The molecule has 2 fully saturated rings. The van der Waals surface area contributed by atoms with Crippen molar-refractivity contribution in [1.29, 1.82) is 0 Å². The Morgan fingerprint density at radius 2 is 1.45 bits per heavy atom. The normalized spacial score (nSPS) is 19.6. The van der Waals surface area contributed by atoms with Crippen LogP contribution in [0, 0.1) is 11.8 Å². The molecule has 2 aromatic rings. The van der Waals surface area contributed by atoms with Gasteiger partial charge in [0, 0.05) is 30.4 Å². The van der Waals surface area contributed by atoms with E-state index in [0.29, 0.717) is 19.6 Å². The summed E-state index contributed by atoms with van der Waals surface area (Å²) in [5, 5.41) is 12.1. The number of halogens is 1. The summed E-state index contributed by atoms with van der Waals surface area (Å²) in [6.45, 7) is 11.4. The van der Waals surface area contributed by atoms with Crippen LogP contribution in [0.3, 0.4) is 0 Å². The fourth-order valence-corrected chi connectivity index (χ4v) is 8.51. The Bertz CT molecular complexity index is 1520. The van der Waals surface area contributed by atoms with Gasteiger partial charge < -0.3 is 24.1 Å². The smallest absolute Gasteiger partial charge is 0.339 e. The third-order valence-corrected chi connectivity index (χ3v) is 11.2. The molecule has 2 aliphatic heterocycles. The van der Waals surface area contributed by atoms with Crippen molar-refractivity contribution >= 4 is 29.3 Å². The Hall–Kier alpha value is -3.18. The second kappa shape index (κ2) is 21.0. The predicted octanol–water partition coefficient (Wildman–Crippen LogP) is 10.1. The highest BCUT2D eigenvalue weighted by Gasteiger charge is 2.60. The van der Waals surface area contributed by atoms with Crippen molar-refractivity contribution in [3.8, 4) is 0 Å². The third-order valence-electron chi connectivity index (χ3n) is 10.9. The molecule has 310 valence electrons. The number of esters is 1. The average molecular weight is 796 g/mol. The number of thiocarbonyl (C=S) groups is 1. The van der Waals surface area contributed by atoms with Gasteiger partial charge in [0.1, 0.15) is 5.60 Å². The van der Waals surface area contributed by atoms with E-state index < -0.39 is 59.5 Å². The molecular formula is C46H66FNO7S. The largest absolute Gasteiger partial charge is 0.458 e. The molecule has 8 nitrogen and oxygen atoms in total. The fourth-order valence-electron chi connectivity index (χ4n) is 8.18. The Labute approximate surface area is 340 Å². The van der Waals surface area contributed by atoms with E-state index in [4.69, 9.17) is 31.2 Å². The molecule has 0 aliphatic carbocycles. The van der Waals surface area contributed by atoms with Crippen molar-refractivity contribution < 1.29 is 38.0 Å². The monoisotopic (exact) mass is 795 g/mol. The van der Waals surface area contributed by atoms with Gasteiger partial charge in [0.05, 0.1) is 31.8 Å². The van der Waals surface area contributed by atoms with Crippen molar-refractivity contribution in [3.63, 3.8) is 0 Å². The summed E-state index contributed by atoms with van der Waals surface area (Å²) in [6.07, 6.45) is 14.8. The molecular weight excluding hydrogens is 730 g/mol. The first kappa shape index (κ1) is 45.5. The molecule has 2 aromatic carbocycles. The third kappa shape index (κ3) is 11.3. The summed E-state index contributed by atoms with van der Waals surface area (Å²) in [4.78, 5) is 30.3. The van der Waals surface area contributed by atoms with Gasteiger partial charge in [-0.2, -0.15) is 0 Å². The number of allylic oxidation sites excluding steroid dienone is 1. The Morgan fingerprint density at radius 3 is 1.95 bits per heavy atom. The maximum absolute atomic E-state index is 15.1. The lowest BCUT2D eigenvalue weighted by Crippen LogP contribution is -2.58. The SMILES string of the molecule is CCCCCCCC1(CCCCCC/C=C/[C@H](C(=O)N2C(=S)OC(c3ccccc3)(c3ccccc3)[C@@H]2C(C)C)[C@@](O)(CCF)C(=O)OC(C)(C)C)OCCO1. The molecule has 56 heavy (non-hydrogen) atoms. The number of nitrogens with zero attached hydrogens (tertiary/aromatic N) is 1. The molecule has 0 unspecified atom stereocenters. The number of ether oxygens (including phenoxy) is 4. The minimum atomic E-state index is -2.51. The van der Waals surface area contributed by atoms with Crippen molar-refractivity contribution in [2.75, 3.05) is 19.9 Å². The molecule has 10 heteroatoms. The van der Waals surface area contributed by atoms with Gasteiger partial charge in [-0.05, 0) is 64.6 Å². The van der Waals surface area contributed by atoms with E-state index in [1.165, 1.54) is 30.6 Å². The minimum absolute atomic E-state index is 0.0828. The number of rotatable bonds is 22. The highest BCUT2D eigenvalue weighted by Crippen LogP contribution is 2.48. The molecule has 1 amide bonds. The summed E-state index contributed by atoms with van der Waals surface area (Å²) in [7, 11) is 0. The van der Waals surface area contributed by atoms with E-state index in [1.807, 2.05) is 80.6 Å². The lowest BCUT2D eigenvalue weighted by atomic mass is 9.75. The predicted molar refractivity (Wildman–Crippen MR) is 223 cm³/mol. The number of carbonyl (C=O) groups excluding carboxylic acids is 2. The molecule has 2 heterocycles. The fraction of sp³-hybridized carbons (Fsp3) is 0.630. The van der Waals surface area contributed by atoms with Crippen LogP contribution in [0.1, 0.15) is 136 Å². The van der Waals surface area contributed by atoms with Crippen LogP contribution in [-0.4, -0.2) is 70.0 Å². The second-order valence-corrected chi connectivity index (χ2v) is 17.1. The van der Waals surface area contributed by atoms with Gasteiger partial charge in [0.2, 0.25) is 5.91 Å². The molecule has 3 atom stereocenters. The van der Waals surface area contributed by atoms with Crippen molar-refractivity contribution in [3.05, 3.63) is 83.9 Å². The summed E-state index contributed by atoms with van der Waals surface area (Å²) in [5.74, 6) is -3.90. The van der Waals surface area contributed by atoms with E-state index in [0.717, 1.165) is 56.1 Å². The summed E-state index contributed by atoms with van der Waals surface area (Å²) in [5.41, 5.74) is -3.11. The molecule has 2 aliphatic rings. The van der Waals surface area contributed by atoms with Crippen molar-refractivity contribution in [2.45, 2.75) is 154 Å². The highest BCUT2D eigenvalue weighted by atomic mass is 32.1. The molecule has 0 saturated carbocycles. The minimum Gasteiger partial charge on any atom is -0.458 e. The van der Waals surface area contributed by atoms with Gasteiger partial charge in [0.15, 0.2) is 17.0 Å². The van der Waals surface area contributed by atoms with Crippen LogP contribution in [0.25, 0.3) is 0 Å². The van der Waals surface area contributed by atoms with Crippen molar-refractivity contribution in [2.24, 2.45) is 11.8 Å². The van der Waals surface area contributed by atoms with E-state index in [1.54, 1.807) is 26.8 Å². The zero-order valence-corrected chi connectivity index (χ0v) is 35.4. The van der Waals surface area contributed by atoms with E-state index in [-0.39, 0.29) is 11.1 Å². The molecule has 0 radical (unpaired) electrons. The number of hydrogen-bond donors (Lipinski definition) is 1. The maximum Gasteiger partial charge on any atom is 0.339 e. The first-order chi connectivity index (χ1) is 26.7. The van der Waals surface area contributed by atoms with Crippen molar-refractivity contribution in [1.82, 2.24) is 4.90 Å². The molecule has 0 aromatic heterocycles. The summed E-state index contributed by atoms with van der Waals surface area (Å²) >= 11 is 5.87. The Morgan fingerprint density at radius 1 is 0.911 bits per heavy atom. The number of hydrogen-bond acceptors (Lipinski definition) is 8. The lowest BCUT2D eigenvalue weighted by molar-refractivity contribution is -0.185. The van der Waals surface area contributed by atoms with Gasteiger partial charge in [-0.25, -0.2) is 4.79 Å². The summed E-state index contributed by atoms with van der Waals surface area (Å²) in [6, 6.07) is 18.6. The maximum atomic E-state index is 15.1. The first-order valence-corrected chi connectivity index (χ1v) is 21.3. The van der Waals surface area contributed by atoms with Gasteiger partial charge in [-0.1, -0.05) is 132 Å². The van der Waals surface area contributed by atoms with E-state index in [9.17, 15) is 14.3 Å². The number of carbonyl (C=O) groups is 2. The Kier molecular flexibility index (Phi) is 17.1. The quantitative estimate of drug-likeness (QED) is 0.0545. The van der Waals surface area contributed by atoms with Gasteiger partial charge >= 0.3 is 5.97 Å². The van der Waals surface area contributed by atoms with Crippen LogP contribution in [-0.2, 0) is 34.1 Å². The zero-order valence-electron chi connectivity index (χ0n) is 34.6. The van der Waals surface area contributed by atoms with Crippen LogP contribution < -0.4 is 0 Å².